The number of hydrogen-bond acceptors (Lipinski definition) is 3. The van der Waals surface area contributed by atoms with Crippen molar-refractivity contribution in [1.82, 2.24) is 0 Å². The van der Waals surface area contributed by atoms with Gasteiger partial charge in [-0.05, 0) is 38.2 Å². The minimum atomic E-state index is -0.747. The van der Waals surface area contributed by atoms with Crippen molar-refractivity contribution in [1.29, 1.82) is 0 Å². The van der Waals surface area contributed by atoms with Crippen LogP contribution in [0.15, 0.2) is 0 Å². The average Bonchev–Trinajstić information content (AvgIpc) is 2.04. The first kappa shape index (κ1) is 10.4. The molecule has 1 heterocycles. The fourth-order valence-corrected chi connectivity index (χ4v) is 3.00. The van der Waals surface area contributed by atoms with Crippen LogP contribution in [-0.4, -0.2) is 33.9 Å². The van der Waals surface area contributed by atoms with E-state index in [1.54, 1.807) is 13.8 Å². The molecule has 1 rings (SSSR count). The quantitative estimate of drug-likeness (QED) is 0.689. The van der Waals surface area contributed by atoms with Gasteiger partial charge < -0.3 is 10.2 Å². The summed E-state index contributed by atoms with van der Waals surface area (Å²) in [6, 6.07) is 0. The van der Waals surface area contributed by atoms with Gasteiger partial charge in [0.25, 0.3) is 0 Å². The van der Waals surface area contributed by atoms with Crippen LogP contribution >= 0.6 is 11.8 Å². The van der Waals surface area contributed by atoms with Crippen LogP contribution in [0.25, 0.3) is 0 Å². The maximum atomic E-state index is 9.92. The van der Waals surface area contributed by atoms with Crippen molar-refractivity contribution in [3.63, 3.8) is 0 Å². The van der Waals surface area contributed by atoms with Gasteiger partial charge in [-0.15, -0.1) is 0 Å². The van der Waals surface area contributed by atoms with Crippen molar-refractivity contribution in [2.45, 2.75) is 32.3 Å². The molecule has 0 unspecified atom stereocenters. The largest absolute Gasteiger partial charge is 0.396 e. The molecule has 0 atom stereocenters. The molecule has 1 fully saturated rings. The molecule has 1 saturated heterocycles. The number of aliphatic hydroxyl groups is 2. The highest BCUT2D eigenvalue weighted by Gasteiger charge is 2.43. The van der Waals surface area contributed by atoms with Crippen molar-refractivity contribution in [2.24, 2.45) is 5.41 Å². The van der Waals surface area contributed by atoms with Gasteiger partial charge in [-0.3, -0.25) is 0 Å². The Labute approximate surface area is 78.4 Å². The van der Waals surface area contributed by atoms with Crippen LogP contribution in [0.2, 0.25) is 0 Å². The third kappa shape index (κ3) is 1.78. The normalized spacial score (nSPS) is 24.0. The summed E-state index contributed by atoms with van der Waals surface area (Å²) < 4.78 is 0. The minimum Gasteiger partial charge on any atom is -0.396 e. The molecular formula is C9H18O2S. The molecule has 0 bridgehead atoms. The zero-order chi connectivity index (χ0) is 9.24. The number of rotatable bonds is 2. The highest BCUT2D eigenvalue weighted by Crippen LogP contribution is 2.42. The van der Waals surface area contributed by atoms with E-state index >= 15 is 0 Å². The average molecular weight is 190 g/mol. The Morgan fingerprint density at radius 3 is 2.08 bits per heavy atom. The second-order valence-corrected chi connectivity index (χ2v) is 5.33. The molecule has 2 nitrogen and oxygen atoms in total. The predicted octanol–water partition coefficient (Wildman–Crippen LogP) is 1.26. The zero-order valence-electron chi connectivity index (χ0n) is 7.84. The van der Waals surface area contributed by atoms with E-state index < -0.39 is 5.60 Å². The van der Waals surface area contributed by atoms with Crippen LogP contribution in [0.5, 0.6) is 0 Å². The van der Waals surface area contributed by atoms with Crippen LogP contribution in [0, 0.1) is 5.41 Å². The predicted molar refractivity (Wildman–Crippen MR) is 52.4 cm³/mol. The second kappa shape index (κ2) is 3.56. The molecular weight excluding hydrogens is 172 g/mol. The molecule has 2 N–H and O–H groups in total. The first-order chi connectivity index (χ1) is 5.52. The molecule has 72 valence electrons. The van der Waals surface area contributed by atoms with Gasteiger partial charge in [0.15, 0.2) is 0 Å². The van der Waals surface area contributed by atoms with E-state index in [2.05, 4.69) is 0 Å². The topological polar surface area (TPSA) is 40.5 Å². The number of thioether (sulfide) groups is 1. The summed E-state index contributed by atoms with van der Waals surface area (Å²) in [5, 5.41) is 19.2. The molecule has 0 amide bonds. The summed E-state index contributed by atoms with van der Waals surface area (Å²) in [5.41, 5.74) is -0.999. The van der Waals surface area contributed by atoms with Gasteiger partial charge in [-0.2, -0.15) is 11.8 Å². The van der Waals surface area contributed by atoms with Gasteiger partial charge in [0.2, 0.25) is 0 Å². The summed E-state index contributed by atoms with van der Waals surface area (Å²) in [4.78, 5) is 0. The molecule has 0 aromatic rings. The molecule has 0 saturated carbocycles. The van der Waals surface area contributed by atoms with Crippen molar-refractivity contribution in [2.75, 3.05) is 18.1 Å². The Hall–Kier alpha value is 0.270. The van der Waals surface area contributed by atoms with Crippen molar-refractivity contribution in [3.05, 3.63) is 0 Å². The highest BCUT2D eigenvalue weighted by atomic mass is 32.2. The van der Waals surface area contributed by atoms with E-state index in [4.69, 9.17) is 0 Å². The van der Waals surface area contributed by atoms with Gasteiger partial charge in [0.05, 0.1) is 12.2 Å². The van der Waals surface area contributed by atoms with E-state index in [0.29, 0.717) is 0 Å². The smallest absolute Gasteiger partial charge is 0.0670 e. The van der Waals surface area contributed by atoms with Gasteiger partial charge >= 0.3 is 0 Å². The lowest BCUT2D eigenvalue weighted by Crippen LogP contribution is -2.48. The van der Waals surface area contributed by atoms with E-state index in [-0.39, 0.29) is 12.0 Å². The lowest BCUT2D eigenvalue weighted by atomic mass is 9.70. The maximum Gasteiger partial charge on any atom is 0.0670 e. The van der Waals surface area contributed by atoms with E-state index in [0.717, 1.165) is 24.3 Å². The fraction of sp³-hybridized carbons (Fsp3) is 1.00. The first-order valence-electron chi connectivity index (χ1n) is 4.43. The molecule has 1 aliphatic heterocycles. The van der Waals surface area contributed by atoms with Crippen LogP contribution in [0.1, 0.15) is 26.7 Å². The Bertz CT molecular complexity index is 145. The summed E-state index contributed by atoms with van der Waals surface area (Å²) in [6.07, 6.45) is 1.86. The summed E-state index contributed by atoms with van der Waals surface area (Å²) in [5.74, 6) is 2.12. The first-order valence-corrected chi connectivity index (χ1v) is 5.58. The third-order valence-corrected chi connectivity index (χ3v) is 4.04. The Morgan fingerprint density at radius 1 is 1.33 bits per heavy atom. The molecule has 0 aliphatic carbocycles. The van der Waals surface area contributed by atoms with Crippen molar-refractivity contribution < 1.29 is 10.2 Å². The minimum absolute atomic E-state index is 0.108. The molecule has 12 heavy (non-hydrogen) atoms. The van der Waals surface area contributed by atoms with Gasteiger partial charge in [0.1, 0.15) is 0 Å². The fourth-order valence-electron chi connectivity index (χ4n) is 1.73. The van der Waals surface area contributed by atoms with Crippen LogP contribution in [-0.2, 0) is 0 Å². The summed E-state index contributed by atoms with van der Waals surface area (Å²) in [6.45, 7) is 3.72. The molecule has 0 aromatic heterocycles. The van der Waals surface area contributed by atoms with E-state index in [9.17, 15) is 10.2 Å². The monoisotopic (exact) mass is 190 g/mol. The SMILES string of the molecule is CC(C)(O)C1(CO)CCSCC1. The highest BCUT2D eigenvalue weighted by molar-refractivity contribution is 7.99. The molecule has 0 aromatic carbocycles. The van der Waals surface area contributed by atoms with Gasteiger partial charge in [-0.1, -0.05) is 0 Å². The summed E-state index contributed by atoms with van der Waals surface area (Å²) in [7, 11) is 0. The van der Waals surface area contributed by atoms with Crippen LogP contribution < -0.4 is 0 Å². The Balaban J connectivity index is 2.73. The maximum absolute atomic E-state index is 9.92. The van der Waals surface area contributed by atoms with Crippen LogP contribution in [0.4, 0.5) is 0 Å². The number of hydrogen-bond donors (Lipinski definition) is 2. The van der Waals surface area contributed by atoms with E-state index in [1.165, 1.54) is 0 Å². The Kier molecular flexibility index (Phi) is 3.07. The third-order valence-electron chi connectivity index (χ3n) is 3.05. The summed E-state index contributed by atoms with van der Waals surface area (Å²) >= 11 is 1.91. The van der Waals surface area contributed by atoms with Gasteiger partial charge in [-0.25, -0.2) is 0 Å². The van der Waals surface area contributed by atoms with Crippen LogP contribution in [0.3, 0.4) is 0 Å². The molecule has 0 radical (unpaired) electrons. The van der Waals surface area contributed by atoms with Crippen molar-refractivity contribution in [3.8, 4) is 0 Å². The second-order valence-electron chi connectivity index (χ2n) is 4.11. The molecule has 0 spiro atoms. The van der Waals surface area contributed by atoms with Gasteiger partial charge in [0, 0.05) is 5.41 Å². The standard InChI is InChI=1S/C9H18O2S/c1-8(2,11)9(7-10)3-5-12-6-4-9/h10-11H,3-7H2,1-2H3. The Morgan fingerprint density at radius 2 is 1.83 bits per heavy atom. The lowest BCUT2D eigenvalue weighted by Gasteiger charge is -2.44. The lowest BCUT2D eigenvalue weighted by molar-refractivity contribution is -0.0890. The zero-order valence-corrected chi connectivity index (χ0v) is 8.65. The number of aliphatic hydroxyl groups excluding tert-OH is 1. The van der Waals surface area contributed by atoms with Crippen molar-refractivity contribution >= 4 is 11.8 Å². The molecule has 1 aliphatic rings. The van der Waals surface area contributed by atoms with E-state index in [1.807, 2.05) is 11.8 Å². The molecule has 3 heteroatoms.